The fourth-order valence-corrected chi connectivity index (χ4v) is 4.58. The van der Waals surface area contributed by atoms with Gasteiger partial charge in [-0.15, -0.1) is 0 Å². The smallest absolute Gasteiger partial charge is 0.267 e. The van der Waals surface area contributed by atoms with Crippen molar-refractivity contribution in [3.63, 3.8) is 0 Å². The van der Waals surface area contributed by atoms with Crippen LogP contribution in [0.1, 0.15) is 25.3 Å². The number of rotatable bonds is 5. The van der Waals surface area contributed by atoms with Crippen LogP contribution in [0.3, 0.4) is 0 Å². The van der Waals surface area contributed by atoms with Crippen LogP contribution in [0, 0.1) is 0 Å². The van der Waals surface area contributed by atoms with E-state index >= 15 is 0 Å². The Morgan fingerprint density at radius 2 is 1.77 bits per heavy atom. The number of sulfonamides is 1. The summed E-state index contributed by atoms with van der Waals surface area (Å²) in [6, 6.07) is 14.0. The number of nitrogens with zero attached hydrogens (tertiary/aromatic N) is 1. The van der Waals surface area contributed by atoms with Gasteiger partial charge in [-0.2, -0.15) is 0 Å². The Balaban J connectivity index is 1.84. The van der Waals surface area contributed by atoms with Gasteiger partial charge in [0.05, 0.1) is 4.90 Å². The van der Waals surface area contributed by atoms with Crippen LogP contribution in [0.25, 0.3) is 0 Å². The van der Waals surface area contributed by atoms with Gasteiger partial charge < -0.3 is 5.32 Å². The lowest BCUT2D eigenvalue weighted by molar-refractivity contribution is -0.128. The molecule has 1 saturated heterocycles. The number of hydrogen-bond acceptors (Lipinski definition) is 4. The van der Waals surface area contributed by atoms with Crippen LogP contribution in [-0.2, 0) is 26.0 Å². The van der Waals surface area contributed by atoms with E-state index in [0.717, 1.165) is 16.3 Å². The molecule has 26 heavy (non-hydrogen) atoms. The molecule has 0 aliphatic carbocycles. The number of benzene rings is 2. The van der Waals surface area contributed by atoms with Gasteiger partial charge in [0.2, 0.25) is 11.8 Å². The van der Waals surface area contributed by atoms with Crippen LogP contribution in [0.4, 0.5) is 5.69 Å². The molecule has 1 aliphatic heterocycles. The highest BCUT2D eigenvalue weighted by atomic mass is 32.2. The Morgan fingerprint density at radius 1 is 1.12 bits per heavy atom. The third kappa shape index (κ3) is 3.48. The van der Waals surface area contributed by atoms with Crippen molar-refractivity contribution in [3.8, 4) is 0 Å². The average Bonchev–Trinajstić information content (AvgIpc) is 3.05. The number of amides is 2. The van der Waals surface area contributed by atoms with Crippen LogP contribution < -0.4 is 5.32 Å². The number of anilines is 1. The van der Waals surface area contributed by atoms with Gasteiger partial charge in [0.1, 0.15) is 6.04 Å². The topological polar surface area (TPSA) is 83.6 Å². The van der Waals surface area contributed by atoms with Gasteiger partial charge in [-0.3, -0.25) is 9.59 Å². The molecular weight excluding hydrogens is 352 g/mol. The van der Waals surface area contributed by atoms with Crippen molar-refractivity contribution in [2.45, 2.75) is 37.1 Å². The Labute approximate surface area is 152 Å². The molecule has 1 heterocycles. The molecule has 3 rings (SSSR count). The molecule has 2 amide bonds. The van der Waals surface area contributed by atoms with E-state index in [4.69, 9.17) is 0 Å². The number of carbonyl (C=O) groups excluding carboxylic acids is 2. The summed E-state index contributed by atoms with van der Waals surface area (Å²) < 4.78 is 26.4. The summed E-state index contributed by atoms with van der Waals surface area (Å²) in [6.07, 6.45) is 1.08. The molecule has 1 atom stereocenters. The first-order valence-electron chi connectivity index (χ1n) is 8.45. The maximum atomic E-state index is 12.8. The molecule has 0 unspecified atom stereocenters. The van der Waals surface area contributed by atoms with Crippen LogP contribution in [0.2, 0.25) is 0 Å². The predicted molar refractivity (Wildman–Crippen MR) is 97.9 cm³/mol. The van der Waals surface area contributed by atoms with Crippen molar-refractivity contribution in [1.29, 1.82) is 0 Å². The fourth-order valence-electron chi connectivity index (χ4n) is 2.96. The third-order valence-electron chi connectivity index (χ3n) is 4.39. The van der Waals surface area contributed by atoms with Crippen molar-refractivity contribution in [2.24, 2.45) is 0 Å². The van der Waals surface area contributed by atoms with Gasteiger partial charge in [-0.1, -0.05) is 37.3 Å². The lowest BCUT2D eigenvalue weighted by atomic mass is 10.1. The van der Waals surface area contributed by atoms with Crippen molar-refractivity contribution in [3.05, 3.63) is 60.2 Å². The van der Waals surface area contributed by atoms with E-state index in [2.05, 4.69) is 5.32 Å². The standard InChI is InChI=1S/C19H20N2O4S/c1-2-14-8-10-15(11-9-14)20-19(23)17-12-13-18(22)21(17)26(24,25)16-6-4-3-5-7-16/h3-11,17H,2,12-13H2,1H3,(H,20,23)/t17-/m0/s1. The molecule has 0 bridgehead atoms. The number of carbonyl (C=O) groups is 2. The van der Waals surface area contributed by atoms with Crippen LogP contribution in [0.5, 0.6) is 0 Å². The summed E-state index contributed by atoms with van der Waals surface area (Å²) in [5.41, 5.74) is 1.70. The maximum absolute atomic E-state index is 12.8. The monoisotopic (exact) mass is 372 g/mol. The molecule has 136 valence electrons. The van der Waals surface area contributed by atoms with Gasteiger partial charge in [-0.05, 0) is 42.7 Å². The minimum Gasteiger partial charge on any atom is -0.324 e. The minimum absolute atomic E-state index is 0.000323. The predicted octanol–water partition coefficient (Wildman–Crippen LogP) is 2.57. The quantitative estimate of drug-likeness (QED) is 0.874. The van der Waals surface area contributed by atoms with Gasteiger partial charge >= 0.3 is 0 Å². The van der Waals surface area contributed by atoms with E-state index in [1.165, 1.54) is 12.1 Å². The maximum Gasteiger partial charge on any atom is 0.267 e. The normalized spacial score (nSPS) is 17.3. The first kappa shape index (κ1) is 18.1. The van der Waals surface area contributed by atoms with Crippen molar-refractivity contribution in [1.82, 2.24) is 4.31 Å². The molecule has 0 aromatic heterocycles. The van der Waals surface area contributed by atoms with Crippen molar-refractivity contribution < 1.29 is 18.0 Å². The molecular formula is C19H20N2O4S. The summed E-state index contributed by atoms with van der Waals surface area (Å²) in [7, 11) is -4.06. The van der Waals surface area contributed by atoms with Crippen LogP contribution in [0.15, 0.2) is 59.5 Å². The number of nitrogens with one attached hydrogen (secondary N) is 1. The molecule has 2 aromatic carbocycles. The zero-order valence-electron chi connectivity index (χ0n) is 14.4. The lowest BCUT2D eigenvalue weighted by Crippen LogP contribution is -2.45. The number of aryl methyl sites for hydroxylation is 1. The third-order valence-corrected chi connectivity index (χ3v) is 6.24. The first-order valence-corrected chi connectivity index (χ1v) is 9.89. The van der Waals surface area contributed by atoms with E-state index in [9.17, 15) is 18.0 Å². The highest BCUT2D eigenvalue weighted by Crippen LogP contribution is 2.28. The van der Waals surface area contributed by atoms with Gasteiger partial charge in [0.15, 0.2) is 0 Å². The molecule has 0 radical (unpaired) electrons. The molecule has 2 aromatic rings. The van der Waals surface area contributed by atoms with Gasteiger partial charge in [-0.25, -0.2) is 12.7 Å². The van der Waals surface area contributed by atoms with Crippen LogP contribution >= 0.6 is 0 Å². The molecule has 1 N–H and O–H groups in total. The molecule has 1 aliphatic rings. The summed E-state index contributed by atoms with van der Waals surface area (Å²) >= 11 is 0. The molecule has 7 heteroatoms. The summed E-state index contributed by atoms with van der Waals surface area (Å²) in [5.74, 6) is -1.06. The zero-order valence-corrected chi connectivity index (χ0v) is 15.2. The van der Waals surface area contributed by atoms with Crippen molar-refractivity contribution >= 4 is 27.5 Å². The molecule has 6 nitrogen and oxygen atoms in total. The van der Waals surface area contributed by atoms with Crippen molar-refractivity contribution in [2.75, 3.05) is 5.32 Å². The molecule has 1 fully saturated rings. The first-order chi connectivity index (χ1) is 12.4. The zero-order chi connectivity index (χ0) is 18.7. The lowest BCUT2D eigenvalue weighted by Gasteiger charge is -2.23. The Hall–Kier alpha value is -2.67. The number of hydrogen-bond donors (Lipinski definition) is 1. The highest BCUT2D eigenvalue weighted by Gasteiger charge is 2.44. The average molecular weight is 372 g/mol. The molecule has 0 spiro atoms. The fraction of sp³-hybridized carbons (Fsp3) is 0.263. The minimum atomic E-state index is -4.06. The van der Waals surface area contributed by atoms with Crippen LogP contribution in [-0.4, -0.2) is 30.6 Å². The van der Waals surface area contributed by atoms with E-state index in [1.54, 1.807) is 30.3 Å². The summed E-state index contributed by atoms with van der Waals surface area (Å²) in [6.45, 7) is 2.03. The second-order valence-corrected chi connectivity index (χ2v) is 7.92. The Kier molecular flexibility index (Phi) is 5.08. The van der Waals surface area contributed by atoms with E-state index in [-0.39, 0.29) is 17.7 Å². The van der Waals surface area contributed by atoms with Gasteiger partial charge in [0, 0.05) is 12.1 Å². The summed E-state index contributed by atoms with van der Waals surface area (Å²) in [5, 5.41) is 2.71. The summed E-state index contributed by atoms with van der Waals surface area (Å²) in [4.78, 5) is 24.8. The second-order valence-electron chi connectivity index (χ2n) is 6.10. The second kappa shape index (κ2) is 7.29. The van der Waals surface area contributed by atoms with E-state index < -0.39 is 27.9 Å². The largest absolute Gasteiger partial charge is 0.324 e. The highest BCUT2D eigenvalue weighted by molar-refractivity contribution is 7.89. The Bertz CT molecular complexity index is 908. The SMILES string of the molecule is CCc1ccc(NC(=O)[C@@H]2CCC(=O)N2S(=O)(=O)c2ccccc2)cc1. The van der Waals surface area contributed by atoms with Gasteiger partial charge in [0.25, 0.3) is 10.0 Å². The van der Waals surface area contributed by atoms with E-state index in [1.807, 2.05) is 19.1 Å². The van der Waals surface area contributed by atoms with E-state index in [0.29, 0.717) is 5.69 Å². The Morgan fingerprint density at radius 3 is 2.38 bits per heavy atom. The molecule has 0 saturated carbocycles.